The van der Waals surface area contributed by atoms with E-state index in [0.717, 1.165) is 29.7 Å². The molecule has 2 rings (SSSR count). The molecule has 0 heterocycles. The molecule has 0 saturated heterocycles. The zero-order valence-electron chi connectivity index (χ0n) is 18.4. The van der Waals surface area contributed by atoms with Gasteiger partial charge in [0.1, 0.15) is 18.2 Å². The van der Waals surface area contributed by atoms with Crippen LogP contribution in [-0.2, 0) is 27.7 Å². The fourth-order valence-corrected chi connectivity index (χ4v) is 4.37. The number of para-hydroxylation sites is 1. The number of aryl methyl sites for hydroxylation is 2. The van der Waals surface area contributed by atoms with E-state index >= 15 is 0 Å². The number of ether oxygens (including phenoxy) is 1. The van der Waals surface area contributed by atoms with Gasteiger partial charge in [-0.25, -0.2) is 12.8 Å². The molecule has 0 aliphatic carbocycles. The Morgan fingerprint density at radius 3 is 2.23 bits per heavy atom. The normalized spacial score (nSPS) is 11.2. The number of anilines is 1. The Kier molecular flexibility index (Phi) is 9.30. The van der Waals surface area contributed by atoms with E-state index in [2.05, 4.69) is 5.32 Å². The summed E-state index contributed by atoms with van der Waals surface area (Å²) in [4.78, 5) is 12.1. The molecular formula is C23H31FN2O4S. The van der Waals surface area contributed by atoms with Crippen LogP contribution in [0.3, 0.4) is 0 Å². The van der Waals surface area contributed by atoms with Gasteiger partial charge in [-0.05, 0) is 54.7 Å². The Morgan fingerprint density at radius 1 is 1.06 bits per heavy atom. The molecule has 0 saturated carbocycles. The van der Waals surface area contributed by atoms with Gasteiger partial charge in [0.15, 0.2) is 0 Å². The highest BCUT2D eigenvalue weighted by Gasteiger charge is 2.22. The zero-order valence-corrected chi connectivity index (χ0v) is 19.2. The molecule has 2 aromatic rings. The van der Waals surface area contributed by atoms with Gasteiger partial charge in [-0.1, -0.05) is 32.0 Å². The van der Waals surface area contributed by atoms with E-state index in [9.17, 15) is 17.6 Å². The fraction of sp³-hybridized carbons (Fsp3) is 0.435. The number of nitrogens with one attached hydrogen (secondary N) is 1. The SMILES string of the molecule is CCc1cccc(CC)c1N(CCCC(=O)NCCOc1ccc(F)cc1)S(C)(=O)=O. The average molecular weight is 451 g/mol. The van der Waals surface area contributed by atoms with E-state index in [-0.39, 0.29) is 31.3 Å². The minimum atomic E-state index is -3.48. The average Bonchev–Trinajstić information content (AvgIpc) is 2.74. The summed E-state index contributed by atoms with van der Waals surface area (Å²) in [7, 11) is -3.48. The minimum Gasteiger partial charge on any atom is -0.492 e. The van der Waals surface area contributed by atoms with E-state index in [1.807, 2.05) is 32.0 Å². The highest BCUT2D eigenvalue weighted by atomic mass is 32.2. The third-order valence-electron chi connectivity index (χ3n) is 4.89. The van der Waals surface area contributed by atoms with Crippen LogP contribution in [0.5, 0.6) is 5.75 Å². The molecule has 0 radical (unpaired) electrons. The Bertz CT molecular complexity index is 940. The number of hydrogen-bond donors (Lipinski definition) is 1. The second-order valence-corrected chi connectivity index (χ2v) is 9.13. The van der Waals surface area contributed by atoms with Crippen LogP contribution < -0.4 is 14.4 Å². The van der Waals surface area contributed by atoms with Crippen LogP contribution in [0.25, 0.3) is 0 Å². The number of benzene rings is 2. The summed E-state index contributed by atoms with van der Waals surface area (Å²) in [5.74, 6) is 0.0211. The molecule has 31 heavy (non-hydrogen) atoms. The number of nitrogens with zero attached hydrogens (tertiary/aromatic N) is 1. The van der Waals surface area contributed by atoms with Crippen LogP contribution in [0, 0.1) is 5.82 Å². The molecule has 1 amide bonds. The van der Waals surface area contributed by atoms with Crippen molar-refractivity contribution in [3.05, 3.63) is 59.4 Å². The summed E-state index contributed by atoms with van der Waals surface area (Å²) >= 11 is 0. The Morgan fingerprint density at radius 2 is 1.68 bits per heavy atom. The maximum absolute atomic E-state index is 12.9. The molecule has 8 heteroatoms. The van der Waals surface area contributed by atoms with Crippen molar-refractivity contribution in [3.63, 3.8) is 0 Å². The molecular weight excluding hydrogens is 419 g/mol. The number of hydrogen-bond acceptors (Lipinski definition) is 4. The van der Waals surface area contributed by atoms with Gasteiger partial charge < -0.3 is 10.1 Å². The standard InChI is InChI=1S/C23H31FN2O4S/c1-4-18-8-6-9-19(5-2)23(18)26(31(3,28)29)16-7-10-22(27)25-15-17-30-21-13-11-20(24)12-14-21/h6,8-9,11-14H,4-5,7,10,15-17H2,1-3H3,(H,25,27). The zero-order chi connectivity index (χ0) is 22.9. The molecule has 0 unspecified atom stereocenters. The monoisotopic (exact) mass is 450 g/mol. The molecule has 0 bridgehead atoms. The van der Waals surface area contributed by atoms with Gasteiger partial charge in [-0.2, -0.15) is 0 Å². The van der Waals surface area contributed by atoms with Gasteiger partial charge in [0.2, 0.25) is 15.9 Å². The van der Waals surface area contributed by atoms with E-state index in [1.165, 1.54) is 34.8 Å². The predicted molar refractivity (Wildman–Crippen MR) is 122 cm³/mol. The third kappa shape index (κ3) is 7.54. The molecule has 170 valence electrons. The Labute approximate surface area is 184 Å². The highest BCUT2D eigenvalue weighted by Crippen LogP contribution is 2.29. The summed E-state index contributed by atoms with van der Waals surface area (Å²) in [6, 6.07) is 11.5. The largest absolute Gasteiger partial charge is 0.492 e. The van der Waals surface area contributed by atoms with Gasteiger partial charge in [0.05, 0.1) is 18.5 Å². The van der Waals surface area contributed by atoms with Crippen LogP contribution in [0.2, 0.25) is 0 Å². The maximum Gasteiger partial charge on any atom is 0.232 e. The lowest BCUT2D eigenvalue weighted by Gasteiger charge is -2.27. The summed E-state index contributed by atoms with van der Waals surface area (Å²) in [5.41, 5.74) is 2.70. The van der Waals surface area contributed by atoms with Gasteiger partial charge in [0, 0.05) is 13.0 Å². The molecule has 0 fully saturated rings. The molecule has 0 aliphatic heterocycles. The molecule has 1 N–H and O–H groups in total. The summed E-state index contributed by atoms with van der Waals surface area (Å²) in [6.07, 6.45) is 3.26. The van der Waals surface area contributed by atoms with Crippen LogP contribution in [0.15, 0.2) is 42.5 Å². The van der Waals surface area contributed by atoms with Crippen molar-refractivity contribution in [1.29, 1.82) is 0 Å². The summed E-state index contributed by atoms with van der Waals surface area (Å²) in [6.45, 7) is 4.81. The number of halogens is 1. The van der Waals surface area contributed by atoms with Crippen molar-refractivity contribution in [1.82, 2.24) is 5.32 Å². The summed E-state index contributed by atoms with van der Waals surface area (Å²) < 4.78 is 44.7. The van der Waals surface area contributed by atoms with Crippen molar-refractivity contribution < 1.29 is 22.3 Å². The molecule has 0 atom stereocenters. The smallest absolute Gasteiger partial charge is 0.232 e. The number of carbonyl (C=O) groups excluding carboxylic acids is 1. The quantitative estimate of drug-likeness (QED) is 0.501. The first-order valence-electron chi connectivity index (χ1n) is 10.5. The maximum atomic E-state index is 12.9. The Balaban J connectivity index is 1.88. The topological polar surface area (TPSA) is 75.7 Å². The van der Waals surface area contributed by atoms with Crippen molar-refractivity contribution in [2.45, 2.75) is 39.5 Å². The highest BCUT2D eigenvalue weighted by molar-refractivity contribution is 7.92. The van der Waals surface area contributed by atoms with Gasteiger partial charge in [0.25, 0.3) is 0 Å². The van der Waals surface area contributed by atoms with Crippen molar-refractivity contribution in [3.8, 4) is 5.75 Å². The van der Waals surface area contributed by atoms with Crippen LogP contribution in [0.4, 0.5) is 10.1 Å². The van der Waals surface area contributed by atoms with Crippen LogP contribution >= 0.6 is 0 Å². The molecule has 0 aliphatic rings. The van der Waals surface area contributed by atoms with Crippen molar-refractivity contribution in [2.24, 2.45) is 0 Å². The van der Waals surface area contributed by atoms with Gasteiger partial charge >= 0.3 is 0 Å². The lowest BCUT2D eigenvalue weighted by atomic mass is 10.0. The first-order valence-corrected chi connectivity index (χ1v) is 12.3. The lowest BCUT2D eigenvalue weighted by Crippen LogP contribution is -2.34. The second kappa shape index (κ2) is 11.7. The van der Waals surface area contributed by atoms with Gasteiger partial charge in [-0.15, -0.1) is 0 Å². The molecule has 6 nitrogen and oxygen atoms in total. The molecule has 0 spiro atoms. The second-order valence-electron chi connectivity index (χ2n) is 7.22. The van der Waals surface area contributed by atoms with E-state index in [1.54, 1.807) is 0 Å². The number of sulfonamides is 1. The van der Waals surface area contributed by atoms with Crippen LogP contribution in [0.1, 0.15) is 37.8 Å². The first kappa shape index (κ1) is 24.7. The van der Waals surface area contributed by atoms with Crippen LogP contribution in [-0.4, -0.2) is 40.3 Å². The van der Waals surface area contributed by atoms with Crippen molar-refractivity contribution >= 4 is 21.6 Å². The third-order valence-corrected chi connectivity index (χ3v) is 6.05. The number of carbonyl (C=O) groups is 1. The van der Waals surface area contributed by atoms with E-state index in [4.69, 9.17) is 4.74 Å². The van der Waals surface area contributed by atoms with E-state index < -0.39 is 10.0 Å². The number of amides is 1. The van der Waals surface area contributed by atoms with E-state index in [0.29, 0.717) is 18.7 Å². The minimum absolute atomic E-state index is 0.171. The molecule has 2 aromatic carbocycles. The molecule has 0 aromatic heterocycles. The predicted octanol–water partition coefficient (Wildman–Crippen LogP) is 3.69. The Hall–Kier alpha value is -2.61. The van der Waals surface area contributed by atoms with Crippen molar-refractivity contribution in [2.75, 3.05) is 30.3 Å². The fourth-order valence-electron chi connectivity index (χ4n) is 3.34. The summed E-state index contributed by atoms with van der Waals surface area (Å²) in [5, 5.41) is 2.76. The van der Waals surface area contributed by atoms with Gasteiger partial charge in [-0.3, -0.25) is 9.10 Å². The number of rotatable bonds is 12. The first-order chi connectivity index (χ1) is 14.8. The lowest BCUT2D eigenvalue weighted by molar-refractivity contribution is -0.121.